The maximum Gasteiger partial charge on any atom is 0.116 e. The monoisotopic (exact) mass is 398 g/mol. The van der Waals surface area contributed by atoms with E-state index in [2.05, 4.69) is 78.9 Å². The van der Waals surface area contributed by atoms with Crippen LogP contribution < -0.4 is 0 Å². The van der Waals surface area contributed by atoms with Crippen molar-refractivity contribution < 1.29 is 5.11 Å². The molecule has 5 aromatic carbocycles. The topological polar surface area (TPSA) is 20.2 Å². The van der Waals surface area contributed by atoms with Crippen molar-refractivity contribution in [1.82, 2.24) is 0 Å². The van der Waals surface area contributed by atoms with Crippen LogP contribution in [0.5, 0.6) is 5.75 Å². The number of hydrogen-bond donors (Lipinski definition) is 1. The molecule has 5 rings (SSSR count). The van der Waals surface area contributed by atoms with E-state index < -0.39 is 0 Å². The third kappa shape index (κ3) is 4.12. The van der Waals surface area contributed by atoms with Gasteiger partial charge in [-0.15, -0.1) is 0 Å². The summed E-state index contributed by atoms with van der Waals surface area (Å²) in [6.07, 6.45) is 0. The van der Waals surface area contributed by atoms with E-state index in [1.54, 1.807) is 0 Å². The summed E-state index contributed by atoms with van der Waals surface area (Å²) in [6.45, 7) is 0. The van der Waals surface area contributed by atoms with Crippen molar-refractivity contribution >= 4 is 0 Å². The van der Waals surface area contributed by atoms with Gasteiger partial charge >= 0.3 is 0 Å². The molecule has 1 N–H and O–H groups in total. The highest BCUT2D eigenvalue weighted by Crippen LogP contribution is 2.33. The van der Waals surface area contributed by atoms with Crippen LogP contribution in [0.1, 0.15) is 0 Å². The van der Waals surface area contributed by atoms with E-state index in [4.69, 9.17) is 0 Å². The lowest BCUT2D eigenvalue weighted by atomic mass is 9.95. The maximum absolute atomic E-state index is 10.4. The van der Waals surface area contributed by atoms with Gasteiger partial charge in [-0.3, -0.25) is 0 Å². The summed E-state index contributed by atoms with van der Waals surface area (Å²) in [7, 11) is 0. The Morgan fingerprint density at radius 3 is 0.935 bits per heavy atom. The zero-order valence-electron chi connectivity index (χ0n) is 17.1. The first-order valence-electron chi connectivity index (χ1n) is 10.4. The van der Waals surface area contributed by atoms with Crippen LogP contribution in [0.3, 0.4) is 0 Å². The van der Waals surface area contributed by atoms with Gasteiger partial charge in [0, 0.05) is 0 Å². The summed E-state index contributed by atoms with van der Waals surface area (Å²) >= 11 is 0. The Labute approximate surface area is 182 Å². The molecular formula is C30H22O. The molecule has 0 saturated carbocycles. The van der Waals surface area contributed by atoms with Gasteiger partial charge in [0.25, 0.3) is 0 Å². The number of phenolic OH excluding ortho intramolecular Hbond substituents is 1. The second kappa shape index (κ2) is 8.33. The van der Waals surface area contributed by atoms with E-state index in [0.29, 0.717) is 0 Å². The average molecular weight is 399 g/mol. The highest BCUT2D eigenvalue weighted by Gasteiger charge is 2.07. The van der Waals surface area contributed by atoms with Gasteiger partial charge in [0.1, 0.15) is 5.75 Å². The Kier molecular flexibility index (Phi) is 5.08. The minimum absolute atomic E-state index is 0.270. The van der Waals surface area contributed by atoms with Crippen LogP contribution >= 0.6 is 0 Å². The molecule has 0 radical (unpaired) electrons. The van der Waals surface area contributed by atoms with Gasteiger partial charge in [0.15, 0.2) is 0 Å². The van der Waals surface area contributed by atoms with Crippen molar-refractivity contribution in [2.75, 3.05) is 0 Å². The Balaban J connectivity index is 1.45. The second-order valence-electron chi connectivity index (χ2n) is 7.66. The van der Waals surface area contributed by atoms with Crippen LogP contribution in [-0.4, -0.2) is 5.11 Å². The Morgan fingerprint density at radius 2 is 0.581 bits per heavy atom. The van der Waals surface area contributed by atoms with Crippen molar-refractivity contribution in [1.29, 1.82) is 0 Å². The fourth-order valence-electron chi connectivity index (χ4n) is 3.92. The van der Waals surface area contributed by atoms with E-state index in [0.717, 1.165) is 22.3 Å². The highest BCUT2D eigenvalue weighted by molar-refractivity contribution is 5.78. The fraction of sp³-hybridized carbons (Fsp3) is 0. The van der Waals surface area contributed by atoms with Crippen molar-refractivity contribution in [3.63, 3.8) is 0 Å². The van der Waals surface area contributed by atoms with E-state index in [9.17, 15) is 5.11 Å². The van der Waals surface area contributed by atoms with Crippen LogP contribution in [-0.2, 0) is 0 Å². The third-order valence-corrected chi connectivity index (χ3v) is 5.57. The first-order valence-corrected chi connectivity index (χ1v) is 10.4. The van der Waals surface area contributed by atoms with Crippen LogP contribution in [0.4, 0.5) is 0 Å². The minimum atomic E-state index is 0.270. The molecule has 5 aromatic rings. The van der Waals surface area contributed by atoms with Gasteiger partial charge in [-0.1, -0.05) is 109 Å². The molecule has 0 fully saturated rings. The molecule has 148 valence electrons. The Bertz CT molecular complexity index is 1190. The van der Waals surface area contributed by atoms with Gasteiger partial charge < -0.3 is 5.11 Å². The molecule has 0 bridgehead atoms. The molecule has 31 heavy (non-hydrogen) atoms. The molecule has 0 saturated heterocycles. The van der Waals surface area contributed by atoms with Crippen molar-refractivity contribution in [3.8, 4) is 50.3 Å². The summed E-state index contributed by atoms with van der Waals surface area (Å²) in [5, 5.41) is 10.4. The first kappa shape index (κ1) is 18.9. The SMILES string of the molecule is Oc1cc(-c2ccc(-c3ccccc3)cc2)cc(-c2ccc(-c3ccccc3)cc2)c1. The van der Waals surface area contributed by atoms with Gasteiger partial charge in [0.05, 0.1) is 0 Å². The zero-order valence-corrected chi connectivity index (χ0v) is 17.1. The van der Waals surface area contributed by atoms with Gasteiger partial charge in [-0.2, -0.15) is 0 Å². The summed E-state index contributed by atoms with van der Waals surface area (Å²) in [5.74, 6) is 0.270. The van der Waals surface area contributed by atoms with Crippen LogP contribution in [0.25, 0.3) is 44.5 Å². The molecule has 0 amide bonds. The zero-order chi connectivity index (χ0) is 21.0. The van der Waals surface area contributed by atoms with Crippen LogP contribution in [0.2, 0.25) is 0 Å². The fourth-order valence-corrected chi connectivity index (χ4v) is 3.92. The first-order chi connectivity index (χ1) is 15.3. The predicted octanol–water partition coefficient (Wildman–Crippen LogP) is 8.06. The Hall–Kier alpha value is -4.10. The maximum atomic E-state index is 10.4. The highest BCUT2D eigenvalue weighted by atomic mass is 16.3. The summed E-state index contributed by atoms with van der Waals surface area (Å²) in [5.41, 5.74) is 8.93. The number of benzene rings is 5. The average Bonchev–Trinajstić information content (AvgIpc) is 2.85. The largest absolute Gasteiger partial charge is 0.508 e. The standard InChI is InChI=1S/C30H22O/c31-30-20-28(26-15-11-24(12-16-26)22-7-3-1-4-8-22)19-29(21-30)27-17-13-25(14-18-27)23-9-5-2-6-10-23/h1-21,31H. The van der Waals surface area contributed by atoms with Crippen molar-refractivity contribution in [3.05, 3.63) is 127 Å². The number of rotatable bonds is 4. The van der Waals surface area contributed by atoms with Crippen molar-refractivity contribution in [2.45, 2.75) is 0 Å². The van der Waals surface area contributed by atoms with Gasteiger partial charge in [-0.25, -0.2) is 0 Å². The van der Waals surface area contributed by atoms with Crippen LogP contribution in [0.15, 0.2) is 127 Å². The summed E-state index contributed by atoms with van der Waals surface area (Å²) in [4.78, 5) is 0. The molecule has 0 atom stereocenters. The molecule has 1 nitrogen and oxygen atoms in total. The predicted molar refractivity (Wildman–Crippen MR) is 130 cm³/mol. The van der Waals surface area contributed by atoms with Gasteiger partial charge in [0.2, 0.25) is 0 Å². The van der Waals surface area contributed by atoms with E-state index in [1.165, 1.54) is 22.3 Å². The van der Waals surface area contributed by atoms with Crippen LogP contribution in [0, 0.1) is 0 Å². The molecule has 0 unspecified atom stereocenters. The molecule has 0 heterocycles. The molecule has 0 aliphatic carbocycles. The van der Waals surface area contributed by atoms with Crippen molar-refractivity contribution in [2.24, 2.45) is 0 Å². The third-order valence-electron chi connectivity index (χ3n) is 5.57. The quantitative estimate of drug-likeness (QED) is 0.324. The second-order valence-corrected chi connectivity index (χ2v) is 7.66. The number of phenols is 1. The number of aromatic hydroxyl groups is 1. The molecule has 0 spiro atoms. The van der Waals surface area contributed by atoms with E-state index in [1.807, 2.05) is 48.5 Å². The lowest BCUT2D eigenvalue weighted by molar-refractivity contribution is 0.476. The molecule has 1 heteroatoms. The lowest BCUT2D eigenvalue weighted by Gasteiger charge is -2.10. The summed E-state index contributed by atoms with van der Waals surface area (Å²) in [6, 6.07) is 43.4. The smallest absolute Gasteiger partial charge is 0.116 e. The minimum Gasteiger partial charge on any atom is -0.508 e. The Morgan fingerprint density at radius 1 is 0.290 bits per heavy atom. The van der Waals surface area contributed by atoms with E-state index >= 15 is 0 Å². The lowest BCUT2D eigenvalue weighted by Crippen LogP contribution is -1.84. The molecule has 0 aliphatic heterocycles. The number of hydrogen-bond acceptors (Lipinski definition) is 1. The molecule has 0 aromatic heterocycles. The van der Waals surface area contributed by atoms with E-state index in [-0.39, 0.29) is 5.75 Å². The molecular weight excluding hydrogens is 376 g/mol. The summed E-state index contributed by atoms with van der Waals surface area (Å²) < 4.78 is 0. The van der Waals surface area contributed by atoms with Gasteiger partial charge in [-0.05, 0) is 62.7 Å². The molecule has 0 aliphatic rings. The normalized spacial score (nSPS) is 10.7.